The number of anilines is 1. The van der Waals surface area contributed by atoms with Crippen LogP contribution in [0.15, 0.2) is 42.5 Å². The number of esters is 1. The summed E-state index contributed by atoms with van der Waals surface area (Å²) >= 11 is 0. The molecule has 0 radical (unpaired) electrons. The van der Waals surface area contributed by atoms with Crippen LogP contribution in [0.1, 0.15) is 34.8 Å². The van der Waals surface area contributed by atoms with E-state index in [4.69, 9.17) is 9.47 Å². The fraction of sp³-hybridized carbons (Fsp3) is 0.381. The third kappa shape index (κ3) is 5.03. The molecule has 0 aliphatic carbocycles. The summed E-state index contributed by atoms with van der Waals surface area (Å²) in [6, 6.07) is 12.2. The van der Waals surface area contributed by atoms with Crippen LogP contribution in [0.2, 0.25) is 0 Å². The van der Waals surface area contributed by atoms with Gasteiger partial charge in [0, 0.05) is 18.3 Å². The second-order valence-corrected chi connectivity index (χ2v) is 6.96. The Hall–Kier alpha value is -3.13. The maximum atomic E-state index is 12.0. The van der Waals surface area contributed by atoms with Crippen LogP contribution in [0.5, 0.6) is 5.75 Å². The number of carbonyl (C=O) groups is 1. The molecule has 1 fully saturated rings. The van der Waals surface area contributed by atoms with Crippen molar-refractivity contribution in [3.05, 3.63) is 63.7 Å². The molecule has 0 unspecified atom stereocenters. The fourth-order valence-electron chi connectivity index (χ4n) is 3.55. The Kier molecular flexibility index (Phi) is 6.66. The van der Waals surface area contributed by atoms with E-state index in [0.717, 1.165) is 30.9 Å². The van der Waals surface area contributed by atoms with E-state index in [9.17, 15) is 14.9 Å². The van der Waals surface area contributed by atoms with E-state index in [-0.39, 0.29) is 17.3 Å². The number of nitro benzene ring substituents is 1. The zero-order chi connectivity index (χ0) is 20.8. The van der Waals surface area contributed by atoms with Crippen molar-refractivity contribution in [1.82, 2.24) is 4.90 Å². The zero-order valence-corrected chi connectivity index (χ0v) is 16.6. The van der Waals surface area contributed by atoms with Gasteiger partial charge in [-0.05, 0) is 55.8 Å². The summed E-state index contributed by atoms with van der Waals surface area (Å²) in [6.45, 7) is 2.88. The van der Waals surface area contributed by atoms with Crippen LogP contribution in [0.3, 0.4) is 0 Å². The Labute approximate surface area is 169 Å². The van der Waals surface area contributed by atoms with Gasteiger partial charge in [-0.1, -0.05) is 12.1 Å². The number of hydrogen-bond acceptors (Lipinski definition) is 7. The second kappa shape index (κ2) is 9.38. The highest BCUT2D eigenvalue weighted by molar-refractivity contribution is 5.95. The van der Waals surface area contributed by atoms with E-state index in [2.05, 4.69) is 10.2 Å². The largest absolute Gasteiger partial charge is 0.497 e. The molecule has 1 aliphatic rings. The molecule has 154 valence electrons. The molecule has 1 aliphatic heterocycles. The molecule has 8 nitrogen and oxygen atoms in total. The lowest BCUT2D eigenvalue weighted by Crippen LogP contribution is -2.29. The summed E-state index contributed by atoms with van der Waals surface area (Å²) in [6.07, 6.45) is 2.36. The Morgan fingerprint density at radius 2 is 1.86 bits per heavy atom. The van der Waals surface area contributed by atoms with Gasteiger partial charge < -0.3 is 19.7 Å². The standard InChI is InChI=1S/C21H25N3O5/c1-28-17-8-5-15(6-9-17)19(14-23-11-3-4-12-23)22-16-7-10-20(24(26)27)18(13-16)21(25)29-2/h5-10,13,19,22H,3-4,11-12,14H2,1-2H3/t19-/m0/s1. The number of benzene rings is 2. The molecule has 1 N–H and O–H groups in total. The Bertz CT molecular complexity index is 863. The lowest BCUT2D eigenvalue weighted by molar-refractivity contribution is -0.385. The minimum absolute atomic E-state index is 0.0500. The first-order valence-electron chi connectivity index (χ1n) is 9.51. The van der Waals surface area contributed by atoms with Gasteiger partial charge in [-0.3, -0.25) is 10.1 Å². The van der Waals surface area contributed by atoms with Crippen molar-refractivity contribution in [2.45, 2.75) is 18.9 Å². The predicted molar refractivity (Wildman–Crippen MR) is 109 cm³/mol. The van der Waals surface area contributed by atoms with Gasteiger partial charge in [0.25, 0.3) is 5.69 Å². The molecule has 0 aromatic heterocycles. The Balaban J connectivity index is 1.89. The van der Waals surface area contributed by atoms with Crippen molar-refractivity contribution in [2.75, 3.05) is 39.2 Å². The SMILES string of the molecule is COC(=O)c1cc(N[C@@H](CN2CCCC2)c2ccc(OC)cc2)ccc1[N+](=O)[O-]. The fourth-order valence-corrected chi connectivity index (χ4v) is 3.55. The van der Waals surface area contributed by atoms with Crippen molar-refractivity contribution in [3.8, 4) is 5.75 Å². The molecule has 0 bridgehead atoms. The maximum Gasteiger partial charge on any atom is 0.344 e. The van der Waals surface area contributed by atoms with Crippen molar-refractivity contribution >= 4 is 17.3 Å². The summed E-state index contributed by atoms with van der Waals surface area (Å²) in [5.74, 6) is 0.0397. The third-order valence-corrected chi connectivity index (χ3v) is 5.10. The number of nitrogens with zero attached hydrogens (tertiary/aromatic N) is 2. The number of nitro groups is 1. The topological polar surface area (TPSA) is 93.9 Å². The molecule has 0 saturated carbocycles. The third-order valence-electron chi connectivity index (χ3n) is 5.10. The molecule has 8 heteroatoms. The monoisotopic (exact) mass is 399 g/mol. The highest BCUT2D eigenvalue weighted by Crippen LogP contribution is 2.28. The average Bonchev–Trinajstić information content (AvgIpc) is 3.25. The van der Waals surface area contributed by atoms with Gasteiger partial charge in [-0.2, -0.15) is 0 Å². The molecule has 2 aromatic carbocycles. The molecular weight excluding hydrogens is 374 g/mol. The summed E-state index contributed by atoms with van der Waals surface area (Å²) in [7, 11) is 2.83. The van der Waals surface area contributed by atoms with Crippen molar-refractivity contribution in [2.24, 2.45) is 0 Å². The molecule has 2 aromatic rings. The van der Waals surface area contributed by atoms with E-state index in [1.54, 1.807) is 13.2 Å². The van der Waals surface area contributed by atoms with E-state index in [1.807, 2.05) is 24.3 Å². The van der Waals surface area contributed by atoms with Crippen LogP contribution >= 0.6 is 0 Å². The van der Waals surface area contributed by atoms with E-state index in [1.165, 1.54) is 32.1 Å². The number of methoxy groups -OCH3 is 2. The normalized spacial score (nSPS) is 15.0. The van der Waals surface area contributed by atoms with Crippen LogP contribution in [-0.2, 0) is 4.74 Å². The minimum Gasteiger partial charge on any atom is -0.497 e. The highest BCUT2D eigenvalue weighted by atomic mass is 16.6. The number of likely N-dealkylation sites (tertiary alicyclic amines) is 1. The average molecular weight is 399 g/mol. The van der Waals surface area contributed by atoms with Gasteiger partial charge in [0.1, 0.15) is 11.3 Å². The maximum absolute atomic E-state index is 12.0. The minimum atomic E-state index is -0.735. The van der Waals surface area contributed by atoms with Gasteiger partial charge in [0.15, 0.2) is 0 Å². The van der Waals surface area contributed by atoms with Crippen molar-refractivity contribution in [3.63, 3.8) is 0 Å². The first kappa shape index (κ1) is 20.6. The lowest BCUT2D eigenvalue weighted by Gasteiger charge is -2.26. The molecule has 1 heterocycles. The van der Waals surface area contributed by atoms with Crippen LogP contribution in [-0.4, -0.2) is 49.6 Å². The van der Waals surface area contributed by atoms with Crippen LogP contribution in [0.4, 0.5) is 11.4 Å². The van der Waals surface area contributed by atoms with Gasteiger partial charge in [-0.15, -0.1) is 0 Å². The molecular formula is C21H25N3O5. The summed E-state index contributed by atoms with van der Waals surface area (Å²) < 4.78 is 9.96. The first-order valence-corrected chi connectivity index (χ1v) is 9.51. The number of rotatable bonds is 8. The molecule has 29 heavy (non-hydrogen) atoms. The van der Waals surface area contributed by atoms with E-state index in [0.29, 0.717) is 5.69 Å². The predicted octanol–water partition coefficient (Wildman–Crippen LogP) is 3.64. The number of ether oxygens (including phenoxy) is 2. The Morgan fingerprint density at radius 1 is 1.17 bits per heavy atom. The van der Waals surface area contributed by atoms with Gasteiger partial charge in [-0.25, -0.2) is 4.79 Å². The lowest BCUT2D eigenvalue weighted by atomic mass is 10.0. The molecule has 0 amide bonds. The summed E-state index contributed by atoms with van der Waals surface area (Å²) in [4.78, 5) is 25.1. The number of nitrogens with one attached hydrogen (secondary N) is 1. The molecule has 1 atom stereocenters. The van der Waals surface area contributed by atoms with Crippen molar-refractivity contribution in [1.29, 1.82) is 0 Å². The van der Waals surface area contributed by atoms with Crippen LogP contribution in [0, 0.1) is 10.1 Å². The number of hydrogen-bond donors (Lipinski definition) is 1. The smallest absolute Gasteiger partial charge is 0.344 e. The van der Waals surface area contributed by atoms with Gasteiger partial charge in [0.05, 0.1) is 25.2 Å². The highest BCUT2D eigenvalue weighted by Gasteiger charge is 2.23. The summed E-state index contributed by atoms with van der Waals surface area (Å²) in [5, 5.41) is 14.7. The number of carbonyl (C=O) groups excluding carboxylic acids is 1. The van der Waals surface area contributed by atoms with E-state index < -0.39 is 10.9 Å². The first-order chi connectivity index (χ1) is 14.0. The molecule has 0 spiro atoms. The molecule has 3 rings (SSSR count). The van der Waals surface area contributed by atoms with Crippen molar-refractivity contribution < 1.29 is 19.2 Å². The van der Waals surface area contributed by atoms with Crippen LogP contribution < -0.4 is 10.1 Å². The summed E-state index contributed by atoms with van der Waals surface area (Å²) in [5.41, 5.74) is 1.34. The van der Waals surface area contributed by atoms with E-state index >= 15 is 0 Å². The van der Waals surface area contributed by atoms with Crippen LogP contribution in [0.25, 0.3) is 0 Å². The Morgan fingerprint density at radius 3 is 2.45 bits per heavy atom. The second-order valence-electron chi connectivity index (χ2n) is 6.96. The molecule has 1 saturated heterocycles. The quantitative estimate of drug-likeness (QED) is 0.411. The van der Waals surface area contributed by atoms with Gasteiger partial charge in [0.2, 0.25) is 0 Å². The zero-order valence-electron chi connectivity index (χ0n) is 16.6. The van der Waals surface area contributed by atoms with Gasteiger partial charge >= 0.3 is 5.97 Å².